The van der Waals surface area contributed by atoms with E-state index in [0.29, 0.717) is 38.8 Å². The number of nitrogens with two attached hydrogens (primary N) is 2. The standard InChI is InChI=1S/C40H70N6O4/c1-3-4-5-6-7-8-9-10-11-12-13-14-18-26-37(47)44-34(24-19-20-29-41)31-46-30-21-25-36(46)40(50)43-32(2)39(49)45-35(38(42)48)28-27-33-22-16-15-17-23-33/h15-17,22-23,32,34-36H,3-14,18-21,24-31,41H2,1-2H3,(H2,42,48)(H,43,50)(H,44,47)(H,45,49)/t32-,34-,35+,36-/m0/s1. The van der Waals surface area contributed by atoms with Crippen LogP contribution < -0.4 is 27.4 Å². The van der Waals surface area contributed by atoms with Gasteiger partial charge in [0.2, 0.25) is 23.6 Å². The maximum Gasteiger partial charge on any atom is 0.242 e. The molecule has 0 aromatic heterocycles. The molecule has 1 heterocycles. The van der Waals surface area contributed by atoms with Crippen LogP contribution in [0.25, 0.3) is 0 Å². The first-order chi connectivity index (χ1) is 24.2. The Morgan fingerprint density at radius 2 is 1.42 bits per heavy atom. The van der Waals surface area contributed by atoms with E-state index in [1.165, 1.54) is 70.6 Å². The van der Waals surface area contributed by atoms with E-state index in [4.69, 9.17) is 11.5 Å². The highest BCUT2D eigenvalue weighted by molar-refractivity contribution is 5.92. The second-order valence-corrected chi connectivity index (χ2v) is 14.4. The predicted molar refractivity (Wildman–Crippen MR) is 203 cm³/mol. The van der Waals surface area contributed by atoms with Gasteiger partial charge < -0.3 is 27.4 Å². The summed E-state index contributed by atoms with van der Waals surface area (Å²) in [5, 5.41) is 8.84. The Kier molecular flexibility index (Phi) is 23.1. The normalized spacial score (nSPS) is 16.4. The highest BCUT2D eigenvalue weighted by atomic mass is 16.2. The number of unbranched alkanes of at least 4 members (excludes halogenated alkanes) is 13. The van der Waals surface area contributed by atoms with E-state index in [1.807, 2.05) is 30.3 Å². The number of likely N-dealkylation sites (tertiary alicyclic amines) is 1. The third kappa shape index (κ3) is 18.9. The van der Waals surface area contributed by atoms with Gasteiger partial charge in [0.1, 0.15) is 12.1 Å². The second-order valence-electron chi connectivity index (χ2n) is 14.4. The van der Waals surface area contributed by atoms with Crippen LogP contribution in [0.1, 0.15) is 148 Å². The second kappa shape index (κ2) is 26.8. The highest BCUT2D eigenvalue weighted by Crippen LogP contribution is 2.20. The molecule has 0 radical (unpaired) electrons. The number of hydrogen-bond donors (Lipinski definition) is 5. The van der Waals surface area contributed by atoms with Crippen molar-refractivity contribution in [3.63, 3.8) is 0 Å². The Labute approximate surface area is 303 Å². The summed E-state index contributed by atoms with van der Waals surface area (Å²) in [7, 11) is 0. The minimum Gasteiger partial charge on any atom is -0.368 e. The molecule has 0 aliphatic carbocycles. The molecule has 1 aromatic rings. The lowest BCUT2D eigenvalue weighted by molar-refractivity contribution is -0.132. The zero-order chi connectivity index (χ0) is 36.4. The van der Waals surface area contributed by atoms with Crippen molar-refractivity contribution >= 4 is 23.6 Å². The molecule has 0 saturated carbocycles. The molecule has 1 aliphatic rings. The van der Waals surface area contributed by atoms with Crippen molar-refractivity contribution in [2.24, 2.45) is 11.5 Å². The number of benzene rings is 1. The van der Waals surface area contributed by atoms with Gasteiger partial charge in [0, 0.05) is 19.0 Å². The zero-order valence-electron chi connectivity index (χ0n) is 31.4. The molecule has 10 nitrogen and oxygen atoms in total. The average molecular weight is 699 g/mol. The van der Waals surface area contributed by atoms with E-state index in [2.05, 4.69) is 27.8 Å². The van der Waals surface area contributed by atoms with Crippen molar-refractivity contribution < 1.29 is 19.2 Å². The lowest BCUT2D eigenvalue weighted by Crippen LogP contribution is -2.55. The van der Waals surface area contributed by atoms with Gasteiger partial charge in [-0.05, 0) is 70.5 Å². The topological polar surface area (TPSA) is 160 Å². The smallest absolute Gasteiger partial charge is 0.242 e. The van der Waals surface area contributed by atoms with Gasteiger partial charge in [-0.1, -0.05) is 121 Å². The first kappa shape index (κ1) is 43.2. The highest BCUT2D eigenvalue weighted by Gasteiger charge is 2.34. The Morgan fingerprint density at radius 3 is 2.02 bits per heavy atom. The van der Waals surface area contributed by atoms with Crippen LogP contribution in [0.3, 0.4) is 0 Å². The van der Waals surface area contributed by atoms with Crippen LogP contribution in [0, 0.1) is 0 Å². The fraction of sp³-hybridized carbons (Fsp3) is 0.750. The SMILES string of the molecule is CCCCCCCCCCCCCCCC(=O)N[C@@H](CCCCN)CN1CCC[C@H]1C(=O)N[C@@H](C)C(=O)N[C@H](CCc1ccccc1)C(N)=O. The van der Waals surface area contributed by atoms with Gasteiger partial charge in [0.05, 0.1) is 6.04 Å². The molecule has 0 unspecified atom stereocenters. The van der Waals surface area contributed by atoms with E-state index >= 15 is 0 Å². The third-order valence-corrected chi connectivity index (χ3v) is 9.98. The van der Waals surface area contributed by atoms with Gasteiger partial charge in [-0.3, -0.25) is 24.1 Å². The maximum atomic E-state index is 13.4. The van der Waals surface area contributed by atoms with Crippen molar-refractivity contribution in [2.45, 2.75) is 173 Å². The van der Waals surface area contributed by atoms with Gasteiger partial charge in [-0.15, -0.1) is 0 Å². The number of primary amides is 1. The molecule has 1 aromatic carbocycles. The number of rotatable bonds is 29. The molecule has 0 bridgehead atoms. The fourth-order valence-electron chi connectivity index (χ4n) is 6.89. The molecule has 7 N–H and O–H groups in total. The number of carbonyl (C=O) groups excluding carboxylic acids is 4. The maximum absolute atomic E-state index is 13.4. The number of amides is 4. The first-order valence-corrected chi connectivity index (χ1v) is 19.9. The lowest BCUT2D eigenvalue weighted by Gasteiger charge is -2.30. The van der Waals surface area contributed by atoms with Crippen molar-refractivity contribution in [3.05, 3.63) is 35.9 Å². The van der Waals surface area contributed by atoms with Crippen LogP contribution >= 0.6 is 0 Å². The molecular formula is C40H70N6O4. The fourth-order valence-corrected chi connectivity index (χ4v) is 6.89. The van der Waals surface area contributed by atoms with Gasteiger partial charge >= 0.3 is 0 Å². The van der Waals surface area contributed by atoms with Crippen molar-refractivity contribution in [1.82, 2.24) is 20.9 Å². The summed E-state index contributed by atoms with van der Waals surface area (Å²) in [5.74, 6) is -1.19. The molecule has 1 aliphatic heterocycles. The number of nitrogens with zero attached hydrogens (tertiary/aromatic N) is 1. The van der Waals surface area contributed by atoms with E-state index in [9.17, 15) is 19.2 Å². The Hall–Kier alpha value is -2.98. The quantitative estimate of drug-likeness (QED) is 0.0680. The molecule has 50 heavy (non-hydrogen) atoms. The van der Waals surface area contributed by atoms with Crippen molar-refractivity contribution in [3.8, 4) is 0 Å². The summed E-state index contributed by atoms with van der Waals surface area (Å²) >= 11 is 0. The zero-order valence-corrected chi connectivity index (χ0v) is 31.4. The summed E-state index contributed by atoms with van der Waals surface area (Å²) in [6.07, 6.45) is 22.2. The molecular weight excluding hydrogens is 628 g/mol. The molecule has 1 fully saturated rings. The summed E-state index contributed by atoms with van der Waals surface area (Å²) < 4.78 is 0. The van der Waals surface area contributed by atoms with Gasteiger partial charge in [-0.25, -0.2) is 0 Å². The molecule has 4 amide bonds. The molecule has 0 spiro atoms. The van der Waals surface area contributed by atoms with E-state index in [0.717, 1.165) is 50.6 Å². The van der Waals surface area contributed by atoms with Gasteiger partial charge in [0.25, 0.3) is 0 Å². The van der Waals surface area contributed by atoms with Crippen molar-refractivity contribution in [2.75, 3.05) is 19.6 Å². The minimum atomic E-state index is -0.831. The summed E-state index contributed by atoms with van der Waals surface area (Å²) in [6, 6.07) is 7.59. The number of nitrogens with one attached hydrogen (secondary N) is 3. The molecule has 284 valence electrons. The molecule has 4 atom stereocenters. The van der Waals surface area contributed by atoms with Crippen LogP contribution in [0.15, 0.2) is 30.3 Å². The Morgan fingerprint density at radius 1 is 0.800 bits per heavy atom. The lowest BCUT2D eigenvalue weighted by atomic mass is 10.0. The number of aryl methyl sites for hydroxylation is 1. The third-order valence-electron chi connectivity index (χ3n) is 9.98. The molecule has 1 saturated heterocycles. The van der Waals surface area contributed by atoms with Crippen LogP contribution in [-0.2, 0) is 25.6 Å². The predicted octanol–water partition coefficient (Wildman–Crippen LogP) is 5.65. The summed E-state index contributed by atoms with van der Waals surface area (Å²) in [5.41, 5.74) is 12.4. The van der Waals surface area contributed by atoms with Gasteiger partial charge in [0.15, 0.2) is 0 Å². The van der Waals surface area contributed by atoms with E-state index in [1.54, 1.807) is 6.92 Å². The minimum absolute atomic E-state index is 0.0638. The summed E-state index contributed by atoms with van der Waals surface area (Å²) in [6.45, 7) is 5.82. The summed E-state index contributed by atoms with van der Waals surface area (Å²) in [4.78, 5) is 53.5. The monoisotopic (exact) mass is 699 g/mol. The Balaban J connectivity index is 1.75. The number of carbonyl (C=O) groups is 4. The largest absolute Gasteiger partial charge is 0.368 e. The van der Waals surface area contributed by atoms with Gasteiger partial charge in [-0.2, -0.15) is 0 Å². The van der Waals surface area contributed by atoms with Crippen molar-refractivity contribution in [1.29, 1.82) is 0 Å². The molecule has 10 heteroatoms. The average Bonchev–Trinajstić information content (AvgIpc) is 3.57. The first-order valence-electron chi connectivity index (χ1n) is 19.9. The van der Waals surface area contributed by atoms with Crippen LogP contribution in [0.5, 0.6) is 0 Å². The van der Waals surface area contributed by atoms with Crippen LogP contribution in [0.4, 0.5) is 0 Å². The Bertz CT molecular complexity index is 1090. The molecule has 2 rings (SSSR count). The van der Waals surface area contributed by atoms with E-state index in [-0.39, 0.29) is 23.9 Å². The van der Waals surface area contributed by atoms with Crippen LogP contribution in [-0.4, -0.2) is 72.3 Å². The number of hydrogen-bond acceptors (Lipinski definition) is 6. The van der Waals surface area contributed by atoms with E-state index < -0.39 is 23.9 Å². The van der Waals surface area contributed by atoms with Crippen LogP contribution in [0.2, 0.25) is 0 Å².